The second-order valence-electron chi connectivity index (χ2n) is 4.35. The lowest BCUT2D eigenvalue weighted by molar-refractivity contribution is 0.0945. The van der Waals surface area contributed by atoms with Crippen LogP contribution in [0.4, 0.5) is 0 Å². The summed E-state index contributed by atoms with van der Waals surface area (Å²) in [5.74, 6) is -0.0322. The molecular weight excluding hydrogens is 254 g/mol. The van der Waals surface area contributed by atoms with E-state index in [1.54, 1.807) is 24.3 Å². The van der Waals surface area contributed by atoms with E-state index >= 15 is 0 Å². The van der Waals surface area contributed by atoms with E-state index in [2.05, 4.69) is 5.32 Å². The van der Waals surface area contributed by atoms with Gasteiger partial charge in [0.05, 0.1) is 18.4 Å². The molecule has 98 valence electrons. The SMILES string of the molecule is CS(=O)(=O)OC1CNC(C(=O)c2ccccc2)C1. The van der Waals surface area contributed by atoms with Crippen molar-refractivity contribution in [3.05, 3.63) is 35.9 Å². The van der Waals surface area contributed by atoms with Gasteiger partial charge in [-0.15, -0.1) is 0 Å². The van der Waals surface area contributed by atoms with Gasteiger partial charge in [-0.25, -0.2) is 0 Å². The molecular formula is C12H15NO4S. The van der Waals surface area contributed by atoms with E-state index in [0.29, 0.717) is 18.5 Å². The van der Waals surface area contributed by atoms with Crippen molar-refractivity contribution in [2.24, 2.45) is 0 Å². The average Bonchev–Trinajstić information content (AvgIpc) is 2.75. The number of Topliss-reactive ketones (excluding diaryl/α,β-unsaturated/α-hetero) is 1. The summed E-state index contributed by atoms with van der Waals surface area (Å²) >= 11 is 0. The molecule has 1 heterocycles. The Morgan fingerprint density at radius 3 is 2.61 bits per heavy atom. The molecule has 0 saturated carbocycles. The molecule has 0 radical (unpaired) electrons. The predicted molar refractivity (Wildman–Crippen MR) is 66.9 cm³/mol. The first-order valence-corrected chi connectivity index (χ1v) is 7.48. The smallest absolute Gasteiger partial charge is 0.264 e. The third-order valence-electron chi connectivity index (χ3n) is 2.78. The van der Waals surface area contributed by atoms with Gasteiger partial charge in [0.15, 0.2) is 5.78 Å². The van der Waals surface area contributed by atoms with Gasteiger partial charge < -0.3 is 5.32 Å². The number of hydrogen-bond acceptors (Lipinski definition) is 5. The highest BCUT2D eigenvalue weighted by Gasteiger charge is 2.32. The van der Waals surface area contributed by atoms with Crippen LogP contribution in [0.25, 0.3) is 0 Å². The van der Waals surface area contributed by atoms with Crippen molar-refractivity contribution in [2.45, 2.75) is 18.6 Å². The molecule has 0 aromatic heterocycles. The van der Waals surface area contributed by atoms with Crippen LogP contribution in [-0.4, -0.2) is 39.1 Å². The van der Waals surface area contributed by atoms with Crippen LogP contribution in [0.15, 0.2) is 30.3 Å². The lowest BCUT2D eigenvalue weighted by atomic mass is 10.0. The number of rotatable bonds is 4. The molecule has 2 unspecified atom stereocenters. The molecule has 0 aliphatic carbocycles. The van der Waals surface area contributed by atoms with Crippen molar-refractivity contribution < 1.29 is 17.4 Å². The third-order valence-corrected chi connectivity index (χ3v) is 3.40. The lowest BCUT2D eigenvalue weighted by Gasteiger charge is -2.09. The maximum atomic E-state index is 12.1. The Hall–Kier alpha value is -1.24. The molecule has 2 atom stereocenters. The summed E-state index contributed by atoms with van der Waals surface area (Å²) < 4.78 is 26.9. The monoisotopic (exact) mass is 269 g/mol. The fraction of sp³-hybridized carbons (Fsp3) is 0.417. The standard InChI is InChI=1S/C12H15NO4S/c1-18(15,16)17-10-7-11(13-8-10)12(14)9-5-3-2-4-6-9/h2-6,10-11,13H,7-8H2,1H3. The van der Waals surface area contributed by atoms with Gasteiger partial charge in [0.25, 0.3) is 10.1 Å². The Labute approximate surface area is 106 Å². The van der Waals surface area contributed by atoms with Crippen LogP contribution >= 0.6 is 0 Å². The Bertz CT molecular complexity index is 526. The van der Waals surface area contributed by atoms with Gasteiger partial charge in [-0.05, 0) is 6.42 Å². The lowest BCUT2D eigenvalue weighted by Crippen LogP contribution is -2.30. The molecule has 1 aliphatic heterocycles. The molecule has 0 bridgehead atoms. The molecule has 0 spiro atoms. The Morgan fingerprint density at radius 1 is 1.33 bits per heavy atom. The zero-order valence-corrected chi connectivity index (χ0v) is 10.8. The van der Waals surface area contributed by atoms with Crippen molar-refractivity contribution in [1.29, 1.82) is 0 Å². The fourth-order valence-electron chi connectivity index (χ4n) is 2.03. The molecule has 5 nitrogen and oxygen atoms in total. The molecule has 1 aromatic rings. The highest BCUT2D eigenvalue weighted by Crippen LogP contribution is 2.16. The molecule has 18 heavy (non-hydrogen) atoms. The van der Waals surface area contributed by atoms with Crippen LogP contribution < -0.4 is 5.32 Å². The number of hydrogen-bond donors (Lipinski definition) is 1. The molecule has 0 amide bonds. The number of ketones is 1. The molecule has 1 fully saturated rings. The first-order chi connectivity index (χ1) is 8.46. The van der Waals surface area contributed by atoms with Crippen molar-refractivity contribution in [2.75, 3.05) is 12.8 Å². The molecule has 1 aliphatic rings. The Morgan fingerprint density at radius 2 is 2.00 bits per heavy atom. The minimum absolute atomic E-state index is 0.0322. The van der Waals surface area contributed by atoms with Crippen molar-refractivity contribution >= 4 is 15.9 Å². The minimum atomic E-state index is -3.47. The van der Waals surface area contributed by atoms with Gasteiger partial charge in [0.1, 0.15) is 0 Å². The Kier molecular flexibility index (Phi) is 3.79. The molecule has 1 saturated heterocycles. The number of carbonyl (C=O) groups is 1. The molecule has 6 heteroatoms. The number of benzene rings is 1. The van der Waals surface area contributed by atoms with E-state index in [0.717, 1.165) is 6.26 Å². The van der Waals surface area contributed by atoms with Crippen molar-refractivity contribution in [1.82, 2.24) is 5.32 Å². The van der Waals surface area contributed by atoms with E-state index in [-0.39, 0.29) is 11.8 Å². The summed E-state index contributed by atoms with van der Waals surface area (Å²) in [4.78, 5) is 12.1. The van der Waals surface area contributed by atoms with Crippen LogP contribution in [0.5, 0.6) is 0 Å². The molecule has 1 aromatic carbocycles. The highest BCUT2D eigenvalue weighted by molar-refractivity contribution is 7.86. The van der Waals surface area contributed by atoms with Crippen molar-refractivity contribution in [3.63, 3.8) is 0 Å². The highest BCUT2D eigenvalue weighted by atomic mass is 32.2. The maximum Gasteiger partial charge on any atom is 0.264 e. The quantitative estimate of drug-likeness (QED) is 0.639. The zero-order chi connectivity index (χ0) is 13.2. The van der Waals surface area contributed by atoms with Crippen LogP contribution in [0.2, 0.25) is 0 Å². The van der Waals surface area contributed by atoms with Crippen LogP contribution in [-0.2, 0) is 14.3 Å². The summed E-state index contributed by atoms with van der Waals surface area (Å²) in [5, 5.41) is 2.99. The summed E-state index contributed by atoms with van der Waals surface area (Å²) in [6.45, 7) is 0.371. The van der Waals surface area contributed by atoms with Crippen molar-refractivity contribution in [3.8, 4) is 0 Å². The summed E-state index contributed by atoms with van der Waals surface area (Å²) in [5.41, 5.74) is 0.620. The number of nitrogens with one attached hydrogen (secondary N) is 1. The average molecular weight is 269 g/mol. The van der Waals surface area contributed by atoms with Crippen LogP contribution in [0, 0.1) is 0 Å². The largest absolute Gasteiger partial charge is 0.304 e. The van der Waals surface area contributed by atoms with Gasteiger partial charge in [-0.1, -0.05) is 30.3 Å². The first kappa shape index (κ1) is 13.2. The van der Waals surface area contributed by atoms with Gasteiger partial charge >= 0.3 is 0 Å². The van der Waals surface area contributed by atoms with E-state index in [1.807, 2.05) is 6.07 Å². The molecule has 2 rings (SSSR count). The van der Waals surface area contributed by atoms with Gasteiger partial charge in [-0.3, -0.25) is 8.98 Å². The van der Waals surface area contributed by atoms with E-state index in [4.69, 9.17) is 4.18 Å². The topological polar surface area (TPSA) is 72.5 Å². The third kappa shape index (κ3) is 3.38. The van der Waals surface area contributed by atoms with E-state index < -0.39 is 16.2 Å². The van der Waals surface area contributed by atoms with Gasteiger partial charge in [0.2, 0.25) is 0 Å². The zero-order valence-electron chi connectivity index (χ0n) is 10.00. The normalized spacial score (nSPS) is 24.1. The first-order valence-electron chi connectivity index (χ1n) is 5.66. The van der Waals surface area contributed by atoms with E-state index in [1.165, 1.54) is 0 Å². The predicted octanol–water partition coefficient (Wildman–Crippen LogP) is 0.576. The second-order valence-corrected chi connectivity index (χ2v) is 5.95. The van der Waals surface area contributed by atoms with E-state index in [9.17, 15) is 13.2 Å². The van der Waals surface area contributed by atoms with Crippen LogP contribution in [0.1, 0.15) is 16.8 Å². The second kappa shape index (κ2) is 5.17. The Balaban J connectivity index is 1.99. The number of carbonyl (C=O) groups excluding carboxylic acids is 1. The maximum absolute atomic E-state index is 12.1. The fourth-order valence-corrected chi connectivity index (χ4v) is 2.67. The summed E-state index contributed by atoms with van der Waals surface area (Å²) in [6, 6.07) is 8.55. The van der Waals surface area contributed by atoms with Crippen LogP contribution in [0.3, 0.4) is 0 Å². The minimum Gasteiger partial charge on any atom is -0.304 e. The molecule has 1 N–H and O–H groups in total. The summed E-state index contributed by atoms with van der Waals surface area (Å²) in [6.07, 6.45) is 0.929. The summed E-state index contributed by atoms with van der Waals surface area (Å²) in [7, 11) is -3.47. The van der Waals surface area contributed by atoms with Gasteiger partial charge in [-0.2, -0.15) is 8.42 Å². The van der Waals surface area contributed by atoms with Gasteiger partial charge in [0, 0.05) is 12.1 Å².